The van der Waals surface area contributed by atoms with Crippen molar-refractivity contribution in [2.24, 2.45) is 0 Å². The Hall–Kier alpha value is -0.410. The third-order valence-electron chi connectivity index (χ3n) is 2.57. The first-order chi connectivity index (χ1) is 7.74. The molecule has 0 aromatic rings. The molecule has 1 unspecified atom stereocenters. The van der Waals surface area contributed by atoms with E-state index < -0.39 is 0 Å². The molecule has 0 heterocycles. The van der Waals surface area contributed by atoms with Gasteiger partial charge in [0.15, 0.2) is 0 Å². The van der Waals surface area contributed by atoms with E-state index in [1.54, 1.807) is 0 Å². The van der Waals surface area contributed by atoms with Crippen molar-refractivity contribution in [3.63, 3.8) is 0 Å². The molecule has 0 fully saturated rings. The van der Waals surface area contributed by atoms with Crippen LogP contribution in [0.4, 0.5) is 0 Å². The molecular formula is C13H26O3. The molecule has 0 saturated heterocycles. The number of aliphatic hydroxyl groups is 1. The first kappa shape index (κ1) is 15.6. The number of hydrogen-bond acceptors (Lipinski definition) is 3. The Kier molecular flexibility index (Phi) is 10.8. The SMILES string of the molecule is CCCCCC(=O)CC(CO)OCCCC. The van der Waals surface area contributed by atoms with Crippen molar-refractivity contribution in [3.05, 3.63) is 0 Å². The van der Waals surface area contributed by atoms with Crippen molar-refractivity contribution in [3.8, 4) is 0 Å². The number of unbranched alkanes of at least 4 members (excludes halogenated alkanes) is 3. The van der Waals surface area contributed by atoms with Crippen LogP contribution >= 0.6 is 0 Å². The lowest BCUT2D eigenvalue weighted by molar-refractivity contribution is -0.123. The van der Waals surface area contributed by atoms with Crippen molar-refractivity contribution in [1.29, 1.82) is 0 Å². The summed E-state index contributed by atoms with van der Waals surface area (Å²) >= 11 is 0. The number of Topliss-reactive ketones (excluding diaryl/α,β-unsaturated/α-hetero) is 1. The Balaban J connectivity index is 3.61. The first-order valence-electron chi connectivity index (χ1n) is 6.48. The summed E-state index contributed by atoms with van der Waals surface area (Å²) in [6.07, 6.45) is 5.95. The molecule has 1 N–H and O–H groups in total. The lowest BCUT2D eigenvalue weighted by atomic mass is 10.1. The first-order valence-corrected chi connectivity index (χ1v) is 6.48. The van der Waals surface area contributed by atoms with E-state index in [1.807, 2.05) is 0 Å². The third kappa shape index (κ3) is 8.86. The fourth-order valence-corrected chi connectivity index (χ4v) is 1.50. The highest BCUT2D eigenvalue weighted by Crippen LogP contribution is 2.07. The monoisotopic (exact) mass is 230 g/mol. The van der Waals surface area contributed by atoms with E-state index in [0.29, 0.717) is 19.4 Å². The molecule has 0 spiro atoms. The van der Waals surface area contributed by atoms with E-state index in [-0.39, 0.29) is 18.5 Å². The molecule has 1 atom stereocenters. The maximum atomic E-state index is 11.5. The Morgan fingerprint density at radius 2 is 1.88 bits per heavy atom. The smallest absolute Gasteiger partial charge is 0.135 e. The van der Waals surface area contributed by atoms with Crippen molar-refractivity contribution in [2.75, 3.05) is 13.2 Å². The molecule has 0 aromatic heterocycles. The molecule has 3 nitrogen and oxygen atoms in total. The summed E-state index contributed by atoms with van der Waals surface area (Å²) in [4.78, 5) is 11.5. The molecule has 0 bridgehead atoms. The lowest BCUT2D eigenvalue weighted by Gasteiger charge is -2.14. The molecule has 96 valence electrons. The van der Waals surface area contributed by atoms with Crippen LogP contribution < -0.4 is 0 Å². The zero-order valence-corrected chi connectivity index (χ0v) is 10.7. The van der Waals surface area contributed by atoms with Crippen molar-refractivity contribution in [1.82, 2.24) is 0 Å². The van der Waals surface area contributed by atoms with Crippen molar-refractivity contribution >= 4 is 5.78 Å². The molecule has 16 heavy (non-hydrogen) atoms. The number of aliphatic hydroxyl groups excluding tert-OH is 1. The quantitative estimate of drug-likeness (QED) is 0.555. The number of hydrogen-bond donors (Lipinski definition) is 1. The highest BCUT2D eigenvalue weighted by atomic mass is 16.5. The van der Waals surface area contributed by atoms with E-state index in [0.717, 1.165) is 32.1 Å². The van der Waals surface area contributed by atoms with Gasteiger partial charge in [-0.3, -0.25) is 4.79 Å². The Bertz CT molecular complexity index is 169. The molecule has 0 aliphatic heterocycles. The minimum atomic E-state index is -0.291. The van der Waals surface area contributed by atoms with Crippen LogP contribution in [0.15, 0.2) is 0 Å². The van der Waals surface area contributed by atoms with Gasteiger partial charge in [-0.05, 0) is 12.8 Å². The second-order valence-corrected chi connectivity index (χ2v) is 4.23. The van der Waals surface area contributed by atoms with Gasteiger partial charge in [-0.2, -0.15) is 0 Å². The summed E-state index contributed by atoms with van der Waals surface area (Å²) < 4.78 is 5.44. The molecule has 0 saturated carbocycles. The number of carbonyl (C=O) groups is 1. The van der Waals surface area contributed by atoms with E-state index in [1.165, 1.54) is 0 Å². The molecule has 0 aromatic carbocycles. The minimum absolute atomic E-state index is 0.0523. The lowest BCUT2D eigenvalue weighted by Crippen LogP contribution is -2.22. The van der Waals surface area contributed by atoms with Gasteiger partial charge < -0.3 is 9.84 Å². The highest BCUT2D eigenvalue weighted by molar-refractivity contribution is 5.78. The number of rotatable bonds is 11. The third-order valence-corrected chi connectivity index (χ3v) is 2.57. The zero-order chi connectivity index (χ0) is 12.2. The summed E-state index contributed by atoms with van der Waals surface area (Å²) in [7, 11) is 0. The summed E-state index contributed by atoms with van der Waals surface area (Å²) in [6.45, 7) is 4.80. The number of ketones is 1. The van der Waals surface area contributed by atoms with E-state index in [4.69, 9.17) is 9.84 Å². The molecular weight excluding hydrogens is 204 g/mol. The van der Waals surface area contributed by atoms with Gasteiger partial charge in [-0.1, -0.05) is 33.1 Å². The van der Waals surface area contributed by atoms with Gasteiger partial charge in [0, 0.05) is 19.4 Å². The molecule has 3 heteroatoms. The Labute approximate surface area is 99.2 Å². The van der Waals surface area contributed by atoms with E-state index in [9.17, 15) is 4.79 Å². The van der Waals surface area contributed by atoms with Gasteiger partial charge in [0.05, 0.1) is 12.7 Å². The maximum absolute atomic E-state index is 11.5. The van der Waals surface area contributed by atoms with Gasteiger partial charge in [0.1, 0.15) is 5.78 Å². The average Bonchev–Trinajstić information content (AvgIpc) is 2.28. The molecule has 0 amide bonds. The largest absolute Gasteiger partial charge is 0.394 e. The second kappa shape index (κ2) is 11.1. The normalized spacial score (nSPS) is 12.7. The summed E-state index contributed by atoms with van der Waals surface area (Å²) in [5.74, 6) is 0.212. The van der Waals surface area contributed by atoms with Gasteiger partial charge in [-0.25, -0.2) is 0 Å². The molecule has 0 aliphatic rings. The second-order valence-electron chi connectivity index (χ2n) is 4.23. The summed E-state index contributed by atoms with van der Waals surface area (Å²) in [5, 5.41) is 9.07. The van der Waals surface area contributed by atoms with Gasteiger partial charge >= 0.3 is 0 Å². The Morgan fingerprint density at radius 1 is 1.19 bits per heavy atom. The topological polar surface area (TPSA) is 46.5 Å². The van der Waals surface area contributed by atoms with Crippen LogP contribution in [-0.4, -0.2) is 30.2 Å². The van der Waals surface area contributed by atoms with Gasteiger partial charge in [-0.15, -0.1) is 0 Å². The maximum Gasteiger partial charge on any atom is 0.135 e. The van der Waals surface area contributed by atoms with Crippen LogP contribution in [0.3, 0.4) is 0 Å². The predicted octanol–water partition coefficient (Wildman–Crippen LogP) is 2.70. The minimum Gasteiger partial charge on any atom is -0.394 e. The zero-order valence-electron chi connectivity index (χ0n) is 10.7. The summed E-state index contributed by atoms with van der Waals surface area (Å²) in [5.41, 5.74) is 0. The van der Waals surface area contributed by atoms with E-state index >= 15 is 0 Å². The molecule has 0 radical (unpaired) electrons. The van der Waals surface area contributed by atoms with Crippen LogP contribution in [0.1, 0.15) is 58.8 Å². The van der Waals surface area contributed by atoms with Gasteiger partial charge in [0.25, 0.3) is 0 Å². The number of ether oxygens (including phenoxy) is 1. The highest BCUT2D eigenvalue weighted by Gasteiger charge is 2.12. The van der Waals surface area contributed by atoms with Crippen LogP contribution in [0, 0.1) is 0 Å². The van der Waals surface area contributed by atoms with Crippen LogP contribution in [-0.2, 0) is 9.53 Å². The van der Waals surface area contributed by atoms with Crippen molar-refractivity contribution in [2.45, 2.75) is 64.9 Å². The van der Waals surface area contributed by atoms with Gasteiger partial charge in [0.2, 0.25) is 0 Å². The average molecular weight is 230 g/mol. The molecule has 0 rings (SSSR count). The predicted molar refractivity (Wildman–Crippen MR) is 65.5 cm³/mol. The Morgan fingerprint density at radius 3 is 2.44 bits per heavy atom. The standard InChI is InChI=1S/C13H26O3/c1-3-5-7-8-12(15)10-13(11-14)16-9-6-4-2/h13-14H,3-11H2,1-2H3. The van der Waals surface area contributed by atoms with Crippen molar-refractivity contribution < 1.29 is 14.6 Å². The fraction of sp³-hybridized carbons (Fsp3) is 0.923. The summed E-state index contributed by atoms with van der Waals surface area (Å²) in [6, 6.07) is 0. The van der Waals surface area contributed by atoms with Crippen LogP contribution in [0.25, 0.3) is 0 Å². The van der Waals surface area contributed by atoms with E-state index in [2.05, 4.69) is 13.8 Å². The van der Waals surface area contributed by atoms with Crippen LogP contribution in [0.5, 0.6) is 0 Å². The number of carbonyl (C=O) groups excluding carboxylic acids is 1. The van der Waals surface area contributed by atoms with Crippen LogP contribution in [0.2, 0.25) is 0 Å². The molecule has 0 aliphatic carbocycles. The fourth-order valence-electron chi connectivity index (χ4n) is 1.50.